The van der Waals surface area contributed by atoms with Gasteiger partial charge < -0.3 is 10.2 Å². The third-order valence-electron chi connectivity index (χ3n) is 5.06. The molecule has 3 aromatic rings. The Kier molecular flexibility index (Phi) is 5.55. The first-order valence-electron chi connectivity index (χ1n) is 9.78. The average Bonchev–Trinajstić information content (AvgIpc) is 3.12. The quantitative estimate of drug-likeness (QED) is 0.636. The van der Waals surface area contributed by atoms with Gasteiger partial charge in [-0.25, -0.2) is 9.98 Å². The normalized spacial score (nSPS) is 12.3. The van der Waals surface area contributed by atoms with Crippen molar-refractivity contribution in [3.05, 3.63) is 82.0 Å². The number of fused-ring (bicyclic) bond motifs is 1. The molecule has 4 rings (SSSR count). The van der Waals surface area contributed by atoms with Gasteiger partial charge in [-0.05, 0) is 48.4 Å². The van der Waals surface area contributed by atoms with Crippen molar-refractivity contribution in [3.8, 4) is 0 Å². The molecule has 0 atom stereocenters. The number of benzene rings is 2. The highest BCUT2D eigenvalue weighted by Crippen LogP contribution is 2.31. The van der Waals surface area contributed by atoms with Crippen LogP contribution >= 0.6 is 11.6 Å². The molecule has 2 heterocycles. The third-order valence-corrected chi connectivity index (χ3v) is 5.39. The van der Waals surface area contributed by atoms with E-state index in [1.54, 1.807) is 6.07 Å². The standard InChI is InChI=1S/C24H23ClN4O/c1-15-10-17-12-22(28-24(17)26-14-15)20-13-18(6-9-21(20)25)27-23(30)11-16-4-7-19(8-5-16)29(2)3/h4-10,13-14H,11-12H2,1-3H3,(H,27,30). The number of nitrogens with zero attached hydrogens (tertiary/aromatic N) is 3. The highest BCUT2D eigenvalue weighted by atomic mass is 35.5. The largest absolute Gasteiger partial charge is 0.378 e. The number of halogens is 1. The summed E-state index contributed by atoms with van der Waals surface area (Å²) in [5.74, 6) is 0.664. The summed E-state index contributed by atoms with van der Waals surface area (Å²) in [7, 11) is 3.98. The molecule has 1 aliphatic heterocycles. The first kappa shape index (κ1) is 20.1. The molecule has 0 fully saturated rings. The maximum Gasteiger partial charge on any atom is 0.228 e. The van der Waals surface area contributed by atoms with Crippen LogP contribution in [0.15, 0.2) is 59.7 Å². The molecular weight excluding hydrogens is 396 g/mol. The molecule has 1 amide bonds. The van der Waals surface area contributed by atoms with Gasteiger partial charge in [-0.3, -0.25) is 4.79 Å². The molecule has 2 aromatic carbocycles. The van der Waals surface area contributed by atoms with E-state index in [2.05, 4.69) is 21.4 Å². The van der Waals surface area contributed by atoms with Crippen LogP contribution in [0.3, 0.4) is 0 Å². The summed E-state index contributed by atoms with van der Waals surface area (Å²) < 4.78 is 0. The first-order chi connectivity index (χ1) is 14.4. The number of aryl methyl sites for hydroxylation is 1. The minimum absolute atomic E-state index is 0.0742. The first-order valence-corrected chi connectivity index (χ1v) is 10.2. The van der Waals surface area contributed by atoms with Crippen molar-refractivity contribution in [2.24, 2.45) is 4.99 Å². The van der Waals surface area contributed by atoms with Gasteiger partial charge in [0, 0.05) is 54.2 Å². The zero-order valence-corrected chi connectivity index (χ0v) is 18.0. The smallest absolute Gasteiger partial charge is 0.228 e. The molecule has 152 valence electrons. The zero-order valence-electron chi connectivity index (χ0n) is 17.2. The van der Waals surface area contributed by atoms with Crippen molar-refractivity contribution >= 4 is 40.4 Å². The zero-order chi connectivity index (χ0) is 21.3. The molecule has 1 N–H and O–H groups in total. The molecule has 6 heteroatoms. The maximum absolute atomic E-state index is 12.5. The number of anilines is 2. The van der Waals surface area contributed by atoms with Crippen molar-refractivity contribution in [2.45, 2.75) is 19.8 Å². The Hall–Kier alpha value is -3.18. The van der Waals surface area contributed by atoms with Gasteiger partial charge in [0.1, 0.15) is 0 Å². The minimum Gasteiger partial charge on any atom is -0.378 e. The summed E-state index contributed by atoms with van der Waals surface area (Å²) in [5, 5.41) is 3.58. The summed E-state index contributed by atoms with van der Waals surface area (Å²) in [5.41, 5.74) is 6.65. The Balaban J connectivity index is 1.48. The molecule has 0 saturated heterocycles. The molecular formula is C24H23ClN4O. The van der Waals surface area contributed by atoms with Crippen LogP contribution in [0.5, 0.6) is 0 Å². The molecule has 30 heavy (non-hydrogen) atoms. The number of aromatic nitrogens is 1. The van der Waals surface area contributed by atoms with Crippen LogP contribution in [0, 0.1) is 6.92 Å². The number of amides is 1. The lowest BCUT2D eigenvalue weighted by atomic mass is 10.0. The second-order valence-electron chi connectivity index (χ2n) is 7.71. The van der Waals surface area contributed by atoms with Crippen molar-refractivity contribution in [2.75, 3.05) is 24.3 Å². The van der Waals surface area contributed by atoms with E-state index in [1.807, 2.05) is 68.5 Å². The summed E-state index contributed by atoms with van der Waals surface area (Å²) >= 11 is 6.44. The van der Waals surface area contributed by atoms with E-state index in [0.29, 0.717) is 23.6 Å². The van der Waals surface area contributed by atoms with Crippen LogP contribution in [0.4, 0.5) is 17.2 Å². The van der Waals surface area contributed by atoms with Gasteiger partial charge in [0.15, 0.2) is 5.82 Å². The number of aliphatic imine (C=N–C) groups is 1. The van der Waals surface area contributed by atoms with Crippen LogP contribution in [-0.2, 0) is 17.6 Å². The predicted molar refractivity (Wildman–Crippen MR) is 123 cm³/mol. The topological polar surface area (TPSA) is 57.6 Å². The monoisotopic (exact) mass is 418 g/mol. The number of hydrogen-bond donors (Lipinski definition) is 1. The highest BCUT2D eigenvalue weighted by molar-refractivity contribution is 6.34. The number of rotatable bonds is 5. The molecule has 0 spiro atoms. The van der Waals surface area contributed by atoms with Crippen molar-refractivity contribution in [1.29, 1.82) is 0 Å². The lowest BCUT2D eigenvalue weighted by Gasteiger charge is -2.13. The molecule has 0 unspecified atom stereocenters. The summed E-state index contributed by atoms with van der Waals surface area (Å²) in [6, 6.07) is 15.5. The number of carbonyl (C=O) groups excluding carboxylic acids is 1. The highest BCUT2D eigenvalue weighted by Gasteiger charge is 2.20. The molecule has 5 nitrogen and oxygen atoms in total. The molecule has 0 radical (unpaired) electrons. The summed E-state index contributed by atoms with van der Waals surface area (Å²) in [4.78, 5) is 23.6. The van der Waals surface area contributed by atoms with Gasteiger partial charge in [0.2, 0.25) is 5.91 Å². The van der Waals surface area contributed by atoms with E-state index >= 15 is 0 Å². The van der Waals surface area contributed by atoms with E-state index in [0.717, 1.165) is 39.5 Å². The molecule has 1 aromatic heterocycles. The fraction of sp³-hybridized carbons (Fsp3) is 0.208. The van der Waals surface area contributed by atoms with Crippen molar-refractivity contribution < 1.29 is 4.79 Å². The van der Waals surface area contributed by atoms with Gasteiger partial charge in [0.05, 0.1) is 12.1 Å². The van der Waals surface area contributed by atoms with E-state index < -0.39 is 0 Å². The van der Waals surface area contributed by atoms with E-state index in [-0.39, 0.29) is 5.91 Å². The summed E-state index contributed by atoms with van der Waals surface area (Å²) in [6.45, 7) is 2.02. The van der Waals surface area contributed by atoms with Crippen LogP contribution in [-0.4, -0.2) is 30.7 Å². The van der Waals surface area contributed by atoms with Crippen LogP contribution in [0.1, 0.15) is 22.3 Å². The lowest BCUT2D eigenvalue weighted by Crippen LogP contribution is -2.15. The molecule has 1 aliphatic rings. The van der Waals surface area contributed by atoms with E-state index in [1.165, 1.54) is 0 Å². The fourth-order valence-electron chi connectivity index (χ4n) is 3.48. The van der Waals surface area contributed by atoms with Crippen molar-refractivity contribution in [3.63, 3.8) is 0 Å². The van der Waals surface area contributed by atoms with Crippen LogP contribution in [0.2, 0.25) is 5.02 Å². The Morgan fingerprint density at radius 2 is 1.90 bits per heavy atom. The number of pyridine rings is 1. The van der Waals surface area contributed by atoms with Gasteiger partial charge in [0.25, 0.3) is 0 Å². The molecule has 0 saturated carbocycles. The Morgan fingerprint density at radius 3 is 2.63 bits per heavy atom. The minimum atomic E-state index is -0.0742. The van der Waals surface area contributed by atoms with Crippen LogP contribution < -0.4 is 10.2 Å². The SMILES string of the molecule is Cc1cnc2c(c1)CC(c1cc(NC(=O)Cc3ccc(N(C)C)cc3)ccc1Cl)=N2. The molecule has 0 aliphatic carbocycles. The third kappa shape index (κ3) is 4.36. The lowest BCUT2D eigenvalue weighted by molar-refractivity contribution is -0.115. The Morgan fingerprint density at radius 1 is 1.13 bits per heavy atom. The average molecular weight is 419 g/mol. The Labute approximate surface area is 181 Å². The number of hydrogen-bond acceptors (Lipinski definition) is 4. The van der Waals surface area contributed by atoms with E-state index in [4.69, 9.17) is 11.6 Å². The van der Waals surface area contributed by atoms with Gasteiger partial charge in [-0.1, -0.05) is 29.8 Å². The fourth-order valence-corrected chi connectivity index (χ4v) is 3.71. The maximum atomic E-state index is 12.5. The second kappa shape index (κ2) is 8.28. The van der Waals surface area contributed by atoms with Gasteiger partial charge in [-0.2, -0.15) is 0 Å². The summed E-state index contributed by atoms with van der Waals surface area (Å²) in [6.07, 6.45) is 2.80. The van der Waals surface area contributed by atoms with Crippen LogP contribution in [0.25, 0.3) is 0 Å². The number of carbonyl (C=O) groups is 1. The molecule has 0 bridgehead atoms. The van der Waals surface area contributed by atoms with Crippen molar-refractivity contribution in [1.82, 2.24) is 4.98 Å². The second-order valence-corrected chi connectivity index (χ2v) is 8.12. The number of nitrogens with one attached hydrogen (secondary N) is 1. The Bertz CT molecular complexity index is 1140. The van der Waals surface area contributed by atoms with Gasteiger partial charge >= 0.3 is 0 Å². The predicted octanol–water partition coefficient (Wildman–Crippen LogP) is 4.97. The van der Waals surface area contributed by atoms with Gasteiger partial charge in [-0.15, -0.1) is 0 Å². The van der Waals surface area contributed by atoms with E-state index in [9.17, 15) is 4.79 Å².